The summed E-state index contributed by atoms with van der Waals surface area (Å²) in [6.07, 6.45) is 0.161. The summed E-state index contributed by atoms with van der Waals surface area (Å²) in [5.41, 5.74) is 0. The third kappa shape index (κ3) is 1.34. The summed E-state index contributed by atoms with van der Waals surface area (Å²) < 4.78 is 10.0. The number of hydrogen-bond donors (Lipinski definition) is 0. The van der Waals surface area contributed by atoms with Gasteiger partial charge in [-0.25, -0.2) is 0 Å². The van der Waals surface area contributed by atoms with Crippen LogP contribution in [0.4, 0.5) is 0 Å². The Morgan fingerprint density at radius 2 is 2.50 bits per heavy atom. The van der Waals surface area contributed by atoms with E-state index in [1.54, 1.807) is 0 Å². The van der Waals surface area contributed by atoms with Crippen LogP contribution in [0.3, 0.4) is 0 Å². The van der Waals surface area contributed by atoms with Crippen LogP contribution in [0.15, 0.2) is 0 Å². The lowest BCUT2D eigenvalue weighted by atomic mass is 10.5. The van der Waals surface area contributed by atoms with Gasteiger partial charge in [0, 0.05) is 6.61 Å². The molecule has 0 aromatic carbocycles. The highest BCUT2D eigenvalue weighted by atomic mass is 35.5. The maximum absolute atomic E-state index is 5.42. The van der Waals surface area contributed by atoms with Crippen molar-refractivity contribution >= 4 is 11.6 Å². The quantitative estimate of drug-likeness (QED) is 0.426. The van der Waals surface area contributed by atoms with E-state index in [1.807, 2.05) is 6.92 Å². The topological polar surface area (TPSA) is 21.8 Å². The zero-order valence-electron chi connectivity index (χ0n) is 4.76. The Morgan fingerprint density at radius 3 is 2.88 bits per heavy atom. The fraction of sp³-hybridized carbons (Fsp3) is 1.00. The molecule has 1 saturated heterocycles. The van der Waals surface area contributed by atoms with Gasteiger partial charge in [0.1, 0.15) is 6.10 Å². The van der Waals surface area contributed by atoms with Crippen LogP contribution in [0.25, 0.3) is 0 Å². The molecule has 0 spiro atoms. The van der Waals surface area contributed by atoms with Gasteiger partial charge in [0.2, 0.25) is 0 Å². The van der Waals surface area contributed by atoms with Gasteiger partial charge in [-0.05, 0) is 6.92 Å². The van der Waals surface area contributed by atoms with Gasteiger partial charge in [-0.15, -0.1) is 11.6 Å². The molecule has 1 heterocycles. The molecule has 0 saturated carbocycles. The fourth-order valence-corrected chi connectivity index (χ4v) is 0.765. The van der Waals surface area contributed by atoms with Gasteiger partial charge in [-0.2, -0.15) is 0 Å². The van der Waals surface area contributed by atoms with Crippen molar-refractivity contribution < 1.29 is 9.47 Å². The minimum Gasteiger partial charge on any atom is -0.350 e. The summed E-state index contributed by atoms with van der Waals surface area (Å²) in [4.78, 5) is 0. The Kier molecular flexibility index (Phi) is 2.11. The molecule has 0 N–H and O–H groups in total. The molecule has 1 aliphatic rings. The highest BCUT2D eigenvalue weighted by Crippen LogP contribution is 2.23. The molecule has 1 rings (SSSR count). The van der Waals surface area contributed by atoms with Crippen LogP contribution in [-0.2, 0) is 9.47 Å². The smallest absolute Gasteiger partial charge is 0.185 e. The predicted octanol–water partition coefficient (Wildman–Crippen LogP) is 0.987. The number of halogens is 1. The van der Waals surface area contributed by atoms with E-state index in [1.165, 1.54) is 0 Å². The average Bonchev–Trinajstić information content (AvgIpc) is 2.48. The Morgan fingerprint density at radius 1 is 1.75 bits per heavy atom. The monoisotopic (exact) mass is 136 g/mol. The van der Waals surface area contributed by atoms with E-state index < -0.39 is 0 Å². The van der Waals surface area contributed by atoms with Crippen molar-refractivity contribution in [3.8, 4) is 0 Å². The van der Waals surface area contributed by atoms with Gasteiger partial charge >= 0.3 is 0 Å². The summed E-state index contributed by atoms with van der Waals surface area (Å²) >= 11 is 5.42. The van der Waals surface area contributed by atoms with Crippen LogP contribution >= 0.6 is 11.6 Å². The second-order valence-electron chi connectivity index (χ2n) is 1.65. The van der Waals surface area contributed by atoms with Crippen molar-refractivity contribution in [2.45, 2.75) is 19.3 Å². The molecule has 3 heteroatoms. The maximum atomic E-state index is 5.42. The van der Waals surface area contributed by atoms with Crippen molar-refractivity contribution in [3.63, 3.8) is 0 Å². The van der Waals surface area contributed by atoms with E-state index in [0.29, 0.717) is 12.5 Å². The summed E-state index contributed by atoms with van der Waals surface area (Å²) in [5.74, 6) is 0.546. The van der Waals surface area contributed by atoms with E-state index in [9.17, 15) is 0 Å². The first-order valence-electron chi connectivity index (χ1n) is 2.71. The van der Waals surface area contributed by atoms with Gasteiger partial charge in [-0.1, -0.05) is 0 Å². The lowest BCUT2D eigenvalue weighted by Gasteiger charge is -1.88. The number of ether oxygens (including phenoxy) is 2. The Balaban J connectivity index is 1.99. The van der Waals surface area contributed by atoms with E-state index >= 15 is 0 Å². The van der Waals surface area contributed by atoms with Crippen molar-refractivity contribution in [2.24, 2.45) is 0 Å². The number of epoxide rings is 1. The minimum atomic E-state index is -0.00231. The van der Waals surface area contributed by atoms with E-state index in [0.717, 1.165) is 0 Å². The molecule has 2 atom stereocenters. The van der Waals surface area contributed by atoms with Gasteiger partial charge in [0.05, 0.1) is 5.88 Å². The molecule has 0 radical (unpaired) electrons. The lowest BCUT2D eigenvalue weighted by molar-refractivity contribution is 0.0593. The third-order valence-corrected chi connectivity index (χ3v) is 1.32. The van der Waals surface area contributed by atoms with E-state index in [-0.39, 0.29) is 12.4 Å². The molecule has 1 fully saturated rings. The van der Waals surface area contributed by atoms with Gasteiger partial charge in [0.15, 0.2) is 6.29 Å². The predicted molar refractivity (Wildman–Crippen MR) is 31.0 cm³/mol. The summed E-state index contributed by atoms with van der Waals surface area (Å²) in [6.45, 7) is 2.64. The van der Waals surface area contributed by atoms with Crippen molar-refractivity contribution in [2.75, 3.05) is 12.5 Å². The van der Waals surface area contributed by atoms with Crippen LogP contribution in [0.1, 0.15) is 6.92 Å². The Hall–Kier alpha value is 0.210. The average molecular weight is 137 g/mol. The van der Waals surface area contributed by atoms with Crippen LogP contribution in [-0.4, -0.2) is 24.9 Å². The number of hydrogen-bond acceptors (Lipinski definition) is 2. The summed E-state index contributed by atoms with van der Waals surface area (Å²) in [5, 5.41) is 0. The SMILES string of the molecule is CCOC1OC1CCl. The normalized spacial score (nSPS) is 35.2. The fourth-order valence-electron chi connectivity index (χ4n) is 0.547. The van der Waals surface area contributed by atoms with Gasteiger partial charge < -0.3 is 9.47 Å². The molecule has 2 unspecified atom stereocenters. The molecular formula is C5H9ClO2. The van der Waals surface area contributed by atoms with Crippen LogP contribution < -0.4 is 0 Å². The maximum Gasteiger partial charge on any atom is 0.185 e. The molecule has 0 aromatic rings. The number of alkyl halides is 1. The van der Waals surface area contributed by atoms with Crippen molar-refractivity contribution in [3.05, 3.63) is 0 Å². The largest absolute Gasteiger partial charge is 0.350 e. The standard InChI is InChI=1S/C5H9ClO2/c1-2-7-5-4(3-6)8-5/h4-5H,2-3H2,1H3. The van der Waals surface area contributed by atoms with Gasteiger partial charge in [-0.3, -0.25) is 0 Å². The molecule has 0 aliphatic carbocycles. The molecule has 0 bridgehead atoms. The molecule has 8 heavy (non-hydrogen) atoms. The zero-order valence-corrected chi connectivity index (χ0v) is 5.52. The number of rotatable bonds is 3. The first kappa shape index (κ1) is 6.33. The van der Waals surface area contributed by atoms with E-state index in [2.05, 4.69) is 0 Å². The highest BCUT2D eigenvalue weighted by molar-refractivity contribution is 6.18. The molecule has 0 aromatic heterocycles. The van der Waals surface area contributed by atoms with E-state index in [4.69, 9.17) is 21.1 Å². The molecule has 2 nitrogen and oxygen atoms in total. The summed E-state index contributed by atoms with van der Waals surface area (Å²) in [6, 6.07) is 0. The van der Waals surface area contributed by atoms with Crippen LogP contribution in [0.2, 0.25) is 0 Å². The second-order valence-corrected chi connectivity index (χ2v) is 1.96. The molecule has 48 valence electrons. The van der Waals surface area contributed by atoms with Crippen LogP contribution in [0, 0.1) is 0 Å². The first-order chi connectivity index (χ1) is 3.88. The Labute approximate surface area is 53.7 Å². The first-order valence-corrected chi connectivity index (χ1v) is 3.25. The van der Waals surface area contributed by atoms with Crippen molar-refractivity contribution in [1.29, 1.82) is 0 Å². The molecule has 1 aliphatic heterocycles. The molecular weight excluding hydrogens is 128 g/mol. The lowest BCUT2D eigenvalue weighted by Crippen LogP contribution is -1.99. The Bertz CT molecular complexity index is 76.8. The van der Waals surface area contributed by atoms with Crippen molar-refractivity contribution in [1.82, 2.24) is 0 Å². The minimum absolute atomic E-state index is 0.00231. The third-order valence-electron chi connectivity index (χ3n) is 1.02. The highest BCUT2D eigenvalue weighted by Gasteiger charge is 2.38. The summed E-state index contributed by atoms with van der Waals surface area (Å²) in [7, 11) is 0. The zero-order chi connectivity index (χ0) is 5.98. The second kappa shape index (κ2) is 2.67. The van der Waals surface area contributed by atoms with Gasteiger partial charge in [0.25, 0.3) is 0 Å². The van der Waals surface area contributed by atoms with Crippen LogP contribution in [0.5, 0.6) is 0 Å². The molecule has 0 amide bonds.